The SMILES string of the molecule is [CH]1C=CC=C2OC3C=CC=CC34C=CC=CC124. The third-order valence-electron chi connectivity index (χ3n) is 4.18. The van der Waals surface area contributed by atoms with Crippen LogP contribution in [0.25, 0.3) is 0 Å². The molecule has 1 heteroatoms. The summed E-state index contributed by atoms with van der Waals surface area (Å²) in [5.74, 6) is 1.06. The van der Waals surface area contributed by atoms with Crippen LogP contribution >= 0.6 is 0 Å². The molecule has 3 aliphatic carbocycles. The van der Waals surface area contributed by atoms with Gasteiger partial charge in [0.25, 0.3) is 0 Å². The van der Waals surface area contributed by atoms with Crippen LogP contribution in [0.5, 0.6) is 0 Å². The standard InChI is InChI=1S/C16H13O/c1-3-9-15-11-5-6-12-16(15)10-4-2-8-14(16)17-13(15)7-1/h1-13H. The first-order chi connectivity index (χ1) is 8.37. The summed E-state index contributed by atoms with van der Waals surface area (Å²) in [7, 11) is 0. The van der Waals surface area contributed by atoms with E-state index in [0.29, 0.717) is 0 Å². The van der Waals surface area contributed by atoms with E-state index in [1.165, 1.54) is 0 Å². The molecule has 1 aliphatic heterocycles. The zero-order valence-corrected chi connectivity index (χ0v) is 9.41. The first-order valence-electron chi connectivity index (χ1n) is 6.01. The van der Waals surface area contributed by atoms with Gasteiger partial charge < -0.3 is 4.74 Å². The molecule has 0 saturated carbocycles. The predicted octanol–water partition coefficient (Wildman–Crippen LogP) is 3.27. The molecule has 83 valence electrons. The molecule has 3 atom stereocenters. The van der Waals surface area contributed by atoms with Gasteiger partial charge in [-0.05, 0) is 12.2 Å². The van der Waals surface area contributed by atoms with Gasteiger partial charge in [0.1, 0.15) is 11.9 Å². The molecule has 4 aliphatic rings. The molecule has 17 heavy (non-hydrogen) atoms. The number of hydrogen-bond acceptors (Lipinski definition) is 1. The van der Waals surface area contributed by atoms with Crippen molar-refractivity contribution in [2.75, 3.05) is 0 Å². The lowest BCUT2D eigenvalue weighted by atomic mass is 9.56. The second kappa shape index (κ2) is 2.92. The van der Waals surface area contributed by atoms with Crippen LogP contribution in [0, 0.1) is 17.3 Å². The van der Waals surface area contributed by atoms with Crippen LogP contribution in [0.3, 0.4) is 0 Å². The van der Waals surface area contributed by atoms with E-state index in [4.69, 9.17) is 4.74 Å². The van der Waals surface area contributed by atoms with E-state index in [0.717, 1.165) is 5.76 Å². The molecule has 0 aromatic heterocycles. The first kappa shape index (κ1) is 9.29. The fourth-order valence-corrected chi connectivity index (χ4v) is 3.34. The highest BCUT2D eigenvalue weighted by Gasteiger charge is 2.61. The molecule has 1 saturated heterocycles. The largest absolute Gasteiger partial charge is 0.488 e. The maximum absolute atomic E-state index is 6.14. The maximum Gasteiger partial charge on any atom is 0.131 e. The second-order valence-corrected chi connectivity index (χ2v) is 4.89. The van der Waals surface area contributed by atoms with Gasteiger partial charge in [-0.2, -0.15) is 0 Å². The van der Waals surface area contributed by atoms with Gasteiger partial charge in [-0.3, -0.25) is 0 Å². The first-order valence-corrected chi connectivity index (χ1v) is 6.01. The lowest BCUT2D eigenvalue weighted by Crippen LogP contribution is -2.42. The molecule has 1 nitrogen and oxygen atoms in total. The van der Waals surface area contributed by atoms with Gasteiger partial charge in [-0.25, -0.2) is 0 Å². The number of hydrogen-bond donors (Lipinski definition) is 0. The van der Waals surface area contributed by atoms with Gasteiger partial charge in [-0.15, -0.1) is 0 Å². The Bertz CT molecular complexity index is 519. The molecular formula is C16H13O. The Hall–Kier alpha value is -1.76. The van der Waals surface area contributed by atoms with Gasteiger partial charge in [0.2, 0.25) is 0 Å². The Labute approximate surface area is 101 Å². The van der Waals surface area contributed by atoms with Gasteiger partial charge in [-0.1, -0.05) is 54.7 Å². The molecule has 3 unspecified atom stereocenters. The summed E-state index contributed by atoms with van der Waals surface area (Å²) in [6.07, 6.45) is 26.0. The third-order valence-corrected chi connectivity index (χ3v) is 4.18. The third kappa shape index (κ3) is 0.917. The molecule has 0 N–H and O–H groups in total. The Kier molecular flexibility index (Phi) is 1.60. The minimum absolute atomic E-state index is 0.0763. The Balaban J connectivity index is 1.99. The van der Waals surface area contributed by atoms with Crippen molar-refractivity contribution in [3.63, 3.8) is 0 Å². The monoisotopic (exact) mass is 221 g/mol. The minimum Gasteiger partial charge on any atom is -0.488 e. The lowest BCUT2D eigenvalue weighted by Gasteiger charge is -2.42. The van der Waals surface area contributed by atoms with Crippen LogP contribution in [0.4, 0.5) is 0 Å². The van der Waals surface area contributed by atoms with E-state index in [1.807, 2.05) is 6.08 Å². The number of rotatable bonds is 0. The summed E-state index contributed by atoms with van der Waals surface area (Å²) in [4.78, 5) is 0. The van der Waals surface area contributed by atoms with Crippen LogP contribution in [0.15, 0.2) is 72.6 Å². The van der Waals surface area contributed by atoms with Crippen molar-refractivity contribution in [2.24, 2.45) is 10.8 Å². The van der Waals surface area contributed by atoms with E-state index in [-0.39, 0.29) is 16.9 Å². The van der Waals surface area contributed by atoms with Crippen LogP contribution in [-0.4, -0.2) is 6.10 Å². The molecule has 2 spiro atoms. The predicted molar refractivity (Wildman–Crippen MR) is 67.8 cm³/mol. The summed E-state index contributed by atoms with van der Waals surface area (Å²) < 4.78 is 6.14. The topological polar surface area (TPSA) is 9.23 Å². The van der Waals surface area contributed by atoms with Gasteiger partial charge in [0, 0.05) is 6.42 Å². The van der Waals surface area contributed by atoms with E-state index in [2.05, 4.69) is 67.2 Å². The molecule has 0 aromatic rings. The van der Waals surface area contributed by atoms with Crippen LogP contribution < -0.4 is 0 Å². The molecule has 4 rings (SSSR count). The van der Waals surface area contributed by atoms with E-state index in [9.17, 15) is 0 Å². The van der Waals surface area contributed by atoms with Crippen molar-refractivity contribution in [3.8, 4) is 0 Å². The molecule has 1 fully saturated rings. The normalized spacial score (nSPS) is 43.8. The summed E-state index contributed by atoms with van der Waals surface area (Å²) in [6.45, 7) is 0. The molecule has 0 bridgehead atoms. The number of ether oxygens (including phenoxy) is 1. The van der Waals surface area contributed by atoms with Crippen LogP contribution in [-0.2, 0) is 4.74 Å². The highest BCUT2D eigenvalue weighted by molar-refractivity contribution is 5.52. The smallest absolute Gasteiger partial charge is 0.131 e. The lowest BCUT2D eigenvalue weighted by molar-refractivity contribution is 0.158. The minimum atomic E-state index is -0.123. The zero-order valence-electron chi connectivity index (χ0n) is 9.41. The zero-order chi connectivity index (χ0) is 11.3. The van der Waals surface area contributed by atoms with Crippen molar-refractivity contribution < 1.29 is 4.74 Å². The average molecular weight is 221 g/mol. The van der Waals surface area contributed by atoms with E-state index < -0.39 is 0 Å². The number of allylic oxidation sites excluding steroid dienone is 8. The highest BCUT2D eigenvalue weighted by atomic mass is 16.5. The van der Waals surface area contributed by atoms with Crippen molar-refractivity contribution >= 4 is 0 Å². The quantitative estimate of drug-likeness (QED) is 0.610. The van der Waals surface area contributed by atoms with Gasteiger partial charge in [0.15, 0.2) is 0 Å². The van der Waals surface area contributed by atoms with Crippen molar-refractivity contribution in [1.29, 1.82) is 0 Å². The highest BCUT2D eigenvalue weighted by Crippen LogP contribution is 2.62. The van der Waals surface area contributed by atoms with Crippen molar-refractivity contribution in [1.82, 2.24) is 0 Å². The van der Waals surface area contributed by atoms with Gasteiger partial charge >= 0.3 is 0 Å². The van der Waals surface area contributed by atoms with Crippen molar-refractivity contribution in [2.45, 2.75) is 6.10 Å². The fraction of sp³-hybridized carbons (Fsp3) is 0.188. The molecule has 0 amide bonds. The summed E-state index contributed by atoms with van der Waals surface area (Å²) in [5.41, 5.74) is -0.199. The average Bonchev–Trinajstić information content (AvgIpc) is 2.69. The fourth-order valence-electron chi connectivity index (χ4n) is 3.34. The Morgan fingerprint density at radius 3 is 2.65 bits per heavy atom. The molecular weight excluding hydrogens is 208 g/mol. The van der Waals surface area contributed by atoms with E-state index in [1.54, 1.807) is 0 Å². The summed E-state index contributed by atoms with van der Waals surface area (Å²) in [5, 5.41) is 0. The second-order valence-electron chi connectivity index (χ2n) is 4.89. The van der Waals surface area contributed by atoms with Crippen molar-refractivity contribution in [3.05, 3.63) is 79.0 Å². The Morgan fingerprint density at radius 2 is 1.71 bits per heavy atom. The van der Waals surface area contributed by atoms with Crippen LogP contribution in [0.2, 0.25) is 0 Å². The van der Waals surface area contributed by atoms with E-state index >= 15 is 0 Å². The van der Waals surface area contributed by atoms with Crippen LogP contribution in [0.1, 0.15) is 0 Å². The Morgan fingerprint density at radius 1 is 0.882 bits per heavy atom. The maximum atomic E-state index is 6.14. The molecule has 0 aromatic carbocycles. The summed E-state index contributed by atoms with van der Waals surface area (Å²) >= 11 is 0. The van der Waals surface area contributed by atoms with Gasteiger partial charge in [0.05, 0.1) is 10.8 Å². The summed E-state index contributed by atoms with van der Waals surface area (Å²) in [6, 6.07) is 0. The molecule has 1 heterocycles. The molecule has 1 radical (unpaired) electrons.